The van der Waals surface area contributed by atoms with Crippen LogP contribution in [-0.4, -0.2) is 41.8 Å². The maximum absolute atomic E-state index is 13.2. The summed E-state index contributed by atoms with van der Waals surface area (Å²) in [5.41, 5.74) is -0.235. The molecule has 6 nitrogen and oxygen atoms in total. The second kappa shape index (κ2) is 9.75. The van der Waals surface area contributed by atoms with E-state index < -0.39 is 11.7 Å². The van der Waals surface area contributed by atoms with Crippen molar-refractivity contribution in [3.05, 3.63) is 47.7 Å². The van der Waals surface area contributed by atoms with Gasteiger partial charge < -0.3 is 15.5 Å². The average molecular weight is 448 g/mol. The van der Waals surface area contributed by atoms with E-state index in [1.54, 1.807) is 18.2 Å². The van der Waals surface area contributed by atoms with Crippen molar-refractivity contribution in [3.8, 4) is 0 Å². The smallest absolute Gasteiger partial charge is 0.382 e. The molecule has 1 aromatic heterocycles. The van der Waals surface area contributed by atoms with E-state index in [-0.39, 0.29) is 17.6 Å². The number of rotatable bonds is 8. The number of para-hydroxylation sites is 1. The van der Waals surface area contributed by atoms with Crippen LogP contribution in [0.1, 0.15) is 54.6 Å². The molecule has 1 saturated heterocycles. The van der Waals surface area contributed by atoms with Crippen molar-refractivity contribution in [2.24, 2.45) is 5.92 Å². The van der Waals surface area contributed by atoms with Crippen molar-refractivity contribution >= 4 is 17.4 Å². The maximum Gasteiger partial charge on any atom is 0.418 e. The summed E-state index contributed by atoms with van der Waals surface area (Å²) in [6.45, 7) is 1.94. The molecule has 9 heteroatoms. The van der Waals surface area contributed by atoms with Crippen LogP contribution in [0.15, 0.2) is 36.4 Å². The van der Waals surface area contributed by atoms with Crippen LogP contribution in [0.3, 0.4) is 0 Å². The molecule has 2 heterocycles. The van der Waals surface area contributed by atoms with Gasteiger partial charge in [-0.05, 0) is 55.9 Å². The lowest BCUT2D eigenvalue weighted by molar-refractivity contribution is -0.137. The fraction of sp³-hybridized carbons (Fsp3) is 0.522. The first kappa shape index (κ1) is 22.4. The number of alkyl halides is 3. The molecule has 2 fully saturated rings. The van der Waals surface area contributed by atoms with Crippen molar-refractivity contribution in [2.45, 2.75) is 50.7 Å². The minimum atomic E-state index is -4.38. The number of benzene rings is 1. The van der Waals surface area contributed by atoms with Crippen LogP contribution in [0.5, 0.6) is 0 Å². The van der Waals surface area contributed by atoms with Crippen LogP contribution < -0.4 is 15.5 Å². The fourth-order valence-corrected chi connectivity index (χ4v) is 4.03. The van der Waals surface area contributed by atoms with E-state index in [0.29, 0.717) is 44.0 Å². The molecule has 172 valence electrons. The Balaban J connectivity index is 1.26. The van der Waals surface area contributed by atoms with Crippen molar-refractivity contribution in [2.75, 3.05) is 29.9 Å². The highest BCUT2D eigenvalue weighted by Crippen LogP contribution is 2.35. The van der Waals surface area contributed by atoms with Gasteiger partial charge in [-0.15, -0.1) is 10.2 Å². The minimum Gasteiger partial charge on any atom is -0.382 e. The van der Waals surface area contributed by atoms with Gasteiger partial charge in [0.15, 0.2) is 11.5 Å². The van der Waals surface area contributed by atoms with Gasteiger partial charge in [-0.25, -0.2) is 0 Å². The molecule has 0 unspecified atom stereocenters. The standard InChI is InChI=1S/C23H28F3N5O/c24-23(25,26)18-5-1-2-6-19(18)28-17-11-14-31(15-12-17)21-10-9-20(29-30-21)22(32)27-13-3-4-16-7-8-16/h1-2,5-6,9-10,16-17,28H,3-4,7-8,11-15H2,(H,27,32). The molecule has 4 rings (SSSR count). The Morgan fingerprint density at radius 3 is 2.44 bits per heavy atom. The van der Waals surface area contributed by atoms with Gasteiger partial charge in [-0.2, -0.15) is 13.2 Å². The Morgan fingerprint density at radius 1 is 1.03 bits per heavy atom. The maximum atomic E-state index is 13.2. The number of carbonyl (C=O) groups is 1. The van der Waals surface area contributed by atoms with Gasteiger partial charge in [0, 0.05) is 31.4 Å². The van der Waals surface area contributed by atoms with Gasteiger partial charge in [0.1, 0.15) is 0 Å². The quantitative estimate of drug-likeness (QED) is 0.584. The molecule has 0 spiro atoms. The van der Waals surface area contributed by atoms with Crippen LogP contribution in [0.2, 0.25) is 0 Å². The highest BCUT2D eigenvalue weighted by Gasteiger charge is 2.34. The van der Waals surface area contributed by atoms with E-state index in [1.165, 1.54) is 25.0 Å². The number of hydrogen-bond donors (Lipinski definition) is 2. The number of amides is 1. The minimum absolute atomic E-state index is 0.0524. The largest absolute Gasteiger partial charge is 0.418 e. The molecule has 1 saturated carbocycles. The second-order valence-electron chi connectivity index (χ2n) is 8.57. The third kappa shape index (κ3) is 5.89. The highest BCUT2D eigenvalue weighted by atomic mass is 19.4. The number of piperidine rings is 1. The molecule has 0 radical (unpaired) electrons. The Hall–Kier alpha value is -2.84. The van der Waals surface area contributed by atoms with Crippen LogP contribution in [0.25, 0.3) is 0 Å². The highest BCUT2D eigenvalue weighted by molar-refractivity contribution is 5.92. The summed E-state index contributed by atoms with van der Waals surface area (Å²) in [6.07, 6.45) is 1.75. The number of nitrogens with one attached hydrogen (secondary N) is 2. The first-order valence-electron chi connectivity index (χ1n) is 11.2. The summed E-state index contributed by atoms with van der Waals surface area (Å²) in [5, 5.41) is 14.2. The average Bonchev–Trinajstić information content (AvgIpc) is 3.61. The van der Waals surface area contributed by atoms with Crippen molar-refractivity contribution < 1.29 is 18.0 Å². The van der Waals surface area contributed by atoms with Crippen LogP contribution >= 0.6 is 0 Å². The van der Waals surface area contributed by atoms with Crippen LogP contribution in [0.4, 0.5) is 24.7 Å². The topological polar surface area (TPSA) is 70.2 Å². The summed E-state index contributed by atoms with van der Waals surface area (Å²) in [7, 11) is 0. The summed E-state index contributed by atoms with van der Waals surface area (Å²) in [4.78, 5) is 14.2. The summed E-state index contributed by atoms with van der Waals surface area (Å²) in [6, 6.07) is 8.96. The SMILES string of the molecule is O=C(NCCCC1CC1)c1ccc(N2CCC(Nc3ccccc3C(F)(F)F)CC2)nn1. The predicted octanol–water partition coefficient (Wildman–Crippen LogP) is 4.50. The number of aromatic nitrogens is 2. The Labute approximate surface area is 185 Å². The number of halogens is 3. The molecular formula is C23H28F3N5O. The molecule has 1 aromatic carbocycles. The van der Waals surface area contributed by atoms with E-state index in [9.17, 15) is 18.0 Å². The molecular weight excluding hydrogens is 419 g/mol. The number of hydrogen-bond acceptors (Lipinski definition) is 5. The van der Waals surface area contributed by atoms with Gasteiger partial charge in [-0.3, -0.25) is 4.79 Å². The zero-order valence-corrected chi connectivity index (χ0v) is 17.9. The lowest BCUT2D eigenvalue weighted by Crippen LogP contribution is -2.40. The van der Waals surface area contributed by atoms with Crippen molar-refractivity contribution in [3.63, 3.8) is 0 Å². The first-order valence-corrected chi connectivity index (χ1v) is 11.2. The normalized spacial score (nSPS) is 17.3. The zero-order chi connectivity index (χ0) is 22.6. The molecule has 2 N–H and O–H groups in total. The Bertz CT molecular complexity index is 907. The predicted molar refractivity (Wildman–Crippen MR) is 117 cm³/mol. The van der Waals surface area contributed by atoms with Crippen LogP contribution in [-0.2, 0) is 6.18 Å². The lowest BCUT2D eigenvalue weighted by Gasteiger charge is -2.33. The van der Waals surface area contributed by atoms with Gasteiger partial charge in [0.25, 0.3) is 5.91 Å². The molecule has 1 amide bonds. The Kier molecular flexibility index (Phi) is 6.81. The monoisotopic (exact) mass is 447 g/mol. The van der Waals surface area contributed by atoms with Crippen molar-refractivity contribution in [1.82, 2.24) is 15.5 Å². The van der Waals surface area contributed by atoms with E-state index in [2.05, 4.69) is 20.8 Å². The van der Waals surface area contributed by atoms with Crippen LogP contribution in [0, 0.1) is 5.92 Å². The number of carbonyl (C=O) groups excluding carboxylic acids is 1. The third-order valence-electron chi connectivity index (χ3n) is 6.07. The fourth-order valence-electron chi connectivity index (χ4n) is 4.03. The molecule has 2 aliphatic rings. The van der Waals surface area contributed by atoms with Gasteiger partial charge in [0.05, 0.1) is 5.56 Å². The molecule has 2 aromatic rings. The molecule has 0 bridgehead atoms. The second-order valence-corrected chi connectivity index (χ2v) is 8.57. The van der Waals surface area contributed by atoms with E-state index >= 15 is 0 Å². The van der Waals surface area contributed by atoms with E-state index in [1.807, 2.05) is 4.90 Å². The lowest BCUT2D eigenvalue weighted by atomic mass is 10.0. The number of anilines is 2. The van der Waals surface area contributed by atoms with Gasteiger partial charge >= 0.3 is 6.18 Å². The summed E-state index contributed by atoms with van der Waals surface area (Å²) in [5.74, 6) is 1.31. The van der Waals surface area contributed by atoms with E-state index in [4.69, 9.17) is 0 Å². The molecule has 32 heavy (non-hydrogen) atoms. The van der Waals surface area contributed by atoms with Gasteiger partial charge in [-0.1, -0.05) is 25.0 Å². The summed E-state index contributed by atoms with van der Waals surface area (Å²) < 4.78 is 39.6. The summed E-state index contributed by atoms with van der Waals surface area (Å²) >= 11 is 0. The molecule has 0 atom stereocenters. The first-order chi connectivity index (χ1) is 15.4. The molecule has 1 aliphatic heterocycles. The van der Waals surface area contributed by atoms with Crippen molar-refractivity contribution in [1.29, 1.82) is 0 Å². The number of nitrogens with zero attached hydrogens (tertiary/aromatic N) is 3. The third-order valence-corrected chi connectivity index (χ3v) is 6.07. The molecule has 1 aliphatic carbocycles. The Morgan fingerprint density at radius 2 is 1.78 bits per heavy atom. The van der Waals surface area contributed by atoms with E-state index in [0.717, 1.165) is 24.8 Å². The van der Waals surface area contributed by atoms with Gasteiger partial charge in [0.2, 0.25) is 0 Å². The zero-order valence-electron chi connectivity index (χ0n) is 17.9.